The predicted molar refractivity (Wildman–Crippen MR) is 107 cm³/mol. The van der Waals surface area contributed by atoms with Crippen LogP contribution in [0.1, 0.15) is 43.7 Å². The van der Waals surface area contributed by atoms with Crippen molar-refractivity contribution in [2.24, 2.45) is 5.41 Å². The van der Waals surface area contributed by atoms with Gasteiger partial charge in [-0.3, -0.25) is 14.9 Å². The summed E-state index contributed by atoms with van der Waals surface area (Å²) in [5.74, 6) is 0.425. The molecule has 4 rings (SSSR count). The largest absolute Gasteiger partial charge is 0.385 e. The number of anilines is 2. The van der Waals surface area contributed by atoms with Crippen LogP contribution in [0, 0.1) is 20.3 Å². The second-order valence-corrected chi connectivity index (χ2v) is 8.34. The van der Waals surface area contributed by atoms with E-state index in [9.17, 15) is 14.9 Å². The van der Waals surface area contributed by atoms with Gasteiger partial charge in [-0.2, -0.15) is 0 Å². The molecule has 28 heavy (non-hydrogen) atoms. The van der Waals surface area contributed by atoms with Crippen LogP contribution in [0.15, 0.2) is 35.5 Å². The molecule has 2 heterocycles. The average molecular weight is 397 g/mol. The van der Waals surface area contributed by atoms with Gasteiger partial charge in [0.2, 0.25) is 0 Å². The van der Waals surface area contributed by atoms with Crippen molar-refractivity contribution in [1.82, 2.24) is 9.97 Å². The minimum atomic E-state index is -0.463. The van der Waals surface area contributed by atoms with Gasteiger partial charge in [0.1, 0.15) is 11.6 Å². The lowest BCUT2D eigenvalue weighted by atomic mass is 9.69. The molecule has 1 aromatic carbocycles. The number of nitrogen functional groups attached to an aromatic ring is 1. The highest BCUT2D eigenvalue weighted by Crippen LogP contribution is 2.49. The number of nitrogens with one attached hydrogen (secondary N) is 2. The molecule has 4 N–H and O–H groups in total. The normalized spacial score (nSPS) is 20.2. The standard InChI is InChI=1S/C19H19N5O3S/c1-19(2)7-11-14(12(25)8-19)13(9-3-5-10(6-4-9)24(26)27)15-16(20)22-18(28)23-17(15)21-11/h3-6,13H,7-8H2,1-2H3,(H4,20,21,22,23,28). The number of aromatic nitrogens is 2. The number of carbonyl (C=O) groups excluding carboxylic acids is 1. The number of H-pyrrole nitrogens is 1. The number of carbonyl (C=O) groups is 1. The van der Waals surface area contributed by atoms with E-state index in [0.717, 1.165) is 11.3 Å². The van der Waals surface area contributed by atoms with Gasteiger partial charge in [-0.25, -0.2) is 4.98 Å². The molecule has 0 amide bonds. The maximum absolute atomic E-state index is 13.1. The van der Waals surface area contributed by atoms with E-state index < -0.39 is 10.8 Å². The molecule has 0 saturated heterocycles. The average Bonchev–Trinajstić information content (AvgIpc) is 2.58. The summed E-state index contributed by atoms with van der Waals surface area (Å²) >= 11 is 5.16. The first kappa shape index (κ1) is 18.3. The van der Waals surface area contributed by atoms with Crippen molar-refractivity contribution in [3.05, 3.63) is 61.5 Å². The molecule has 9 heteroatoms. The molecule has 144 valence electrons. The van der Waals surface area contributed by atoms with Crippen molar-refractivity contribution in [2.75, 3.05) is 11.1 Å². The Morgan fingerprint density at radius 3 is 2.61 bits per heavy atom. The number of benzene rings is 1. The van der Waals surface area contributed by atoms with Crippen molar-refractivity contribution in [2.45, 2.75) is 32.6 Å². The maximum Gasteiger partial charge on any atom is 0.269 e. The molecule has 1 aromatic heterocycles. The molecule has 2 aromatic rings. The number of hydrogen-bond donors (Lipinski definition) is 3. The zero-order valence-corrected chi connectivity index (χ0v) is 16.2. The van der Waals surface area contributed by atoms with Crippen molar-refractivity contribution in [1.29, 1.82) is 0 Å². The second kappa shape index (κ2) is 6.23. The van der Waals surface area contributed by atoms with Gasteiger partial charge >= 0.3 is 0 Å². The van der Waals surface area contributed by atoms with Gasteiger partial charge in [-0.05, 0) is 29.6 Å². The number of nitro groups is 1. The zero-order valence-electron chi connectivity index (χ0n) is 15.4. The molecule has 1 unspecified atom stereocenters. The minimum absolute atomic E-state index is 0.0122. The number of nitro benzene ring substituents is 1. The molecule has 8 nitrogen and oxygen atoms in total. The van der Waals surface area contributed by atoms with Crippen LogP contribution < -0.4 is 11.1 Å². The maximum atomic E-state index is 13.1. The Morgan fingerprint density at radius 2 is 1.96 bits per heavy atom. The summed E-state index contributed by atoms with van der Waals surface area (Å²) in [4.78, 5) is 30.9. The number of nitrogens with two attached hydrogens (primary N) is 1. The number of allylic oxidation sites excluding steroid dienone is 2. The predicted octanol–water partition coefficient (Wildman–Crippen LogP) is 3.83. The number of aromatic amines is 1. The fourth-order valence-electron chi connectivity index (χ4n) is 4.08. The highest BCUT2D eigenvalue weighted by molar-refractivity contribution is 7.71. The Labute approximate surface area is 166 Å². The van der Waals surface area contributed by atoms with E-state index in [1.165, 1.54) is 12.1 Å². The second-order valence-electron chi connectivity index (χ2n) is 7.96. The van der Waals surface area contributed by atoms with Crippen molar-refractivity contribution >= 4 is 35.3 Å². The molecule has 1 aliphatic carbocycles. The quantitative estimate of drug-likeness (QED) is 0.399. The fraction of sp³-hybridized carbons (Fsp3) is 0.316. The van der Waals surface area contributed by atoms with E-state index in [-0.39, 0.29) is 21.7 Å². The number of Topliss-reactive ketones (excluding diaryl/α,β-unsaturated/α-hetero) is 1. The Bertz CT molecular complexity index is 1100. The van der Waals surface area contributed by atoms with Crippen LogP contribution in [0.25, 0.3) is 0 Å². The molecule has 2 aliphatic rings. The number of rotatable bonds is 2. The smallest absolute Gasteiger partial charge is 0.269 e. The summed E-state index contributed by atoms with van der Waals surface area (Å²) in [5, 5.41) is 14.3. The number of nitrogens with zero attached hydrogens (tertiary/aromatic N) is 2. The van der Waals surface area contributed by atoms with E-state index in [4.69, 9.17) is 18.0 Å². The van der Waals surface area contributed by atoms with Crippen LogP contribution in [-0.4, -0.2) is 20.7 Å². The van der Waals surface area contributed by atoms with E-state index in [1.807, 2.05) is 13.8 Å². The van der Waals surface area contributed by atoms with Crippen LogP contribution in [0.3, 0.4) is 0 Å². The summed E-state index contributed by atoms with van der Waals surface area (Å²) < 4.78 is 0.247. The minimum Gasteiger partial charge on any atom is -0.385 e. The van der Waals surface area contributed by atoms with Crippen LogP contribution in [0.4, 0.5) is 17.3 Å². The molecule has 1 atom stereocenters. The van der Waals surface area contributed by atoms with E-state index >= 15 is 0 Å². The first-order chi connectivity index (χ1) is 13.2. The van der Waals surface area contributed by atoms with Crippen molar-refractivity contribution in [3.8, 4) is 0 Å². The third-order valence-corrected chi connectivity index (χ3v) is 5.40. The monoisotopic (exact) mass is 397 g/mol. The molecule has 0 saturated carbocycles. The first-order valence-electron chi connectivity index (χ1n) is 8.83. The van der Waals surface area contributed by atoms with Gasteiger partial charge in [0.15, 0.2) is 10.6 Å². The Balaban J connectivity index is 1.95. The lowest BCUT2D eigenvalue weighted by molar-refractivity contribution is -0.384. The van der Waals surface area contributed by atoms with Crippen LogP contribution in [0.5, 0.6) is 0 Å². The summed E-state index contributed by atoms with van der Waals surface area (Å²) in [6.45, 7) is 4.09. The van der Waals surface area contributed by atoms with Gasteiger partial charge in [0.05, 0.1) is 4.92 Å². The number of hydrogen-bond acceptors (Lipinski definition) is 7. The highest BCUT2D eigenvalue weighted by atomic mass is 32.1. The van der Waals surface area contributed by atoms with E-state index in [1.54, 1.807) is 12.1 Å². The van der Waals surface area contributed by atoms with Crippen LogP contribution in [-0.2, 0) is 4.79 Å². The fourth-order valence-corrected chi connectivity index (χ4v) is 4.28. The van der Waals surface area contributed by atoms with Crippen LogP contribution >= 0.6 is 12.2 Å². The van der Waals surface area contributed by atoms with Gasteiger partial charge in [-0.15, -0.1) is 0 Å². The third-order valence-electron chi connectivity index (χ3n) is 5.20. The molecule has 0 fully saturated rings. The van der Waals surface area contributed by atoms with Gasteiger partial charge in [0, 0.05) is 41.3 Å². The molecular weight excluding hydrogens is 378 g/mol. The number of fused-ring (bicyclic) bond motifs is 1. The van der Waals surface area contributed by atoms with Gasteiger partial charge < -0.3 is 16.0 Å². The highest BCUT2D eigenvalue weighted by Gasteiger charge is 2.42. The first-order valence-corrected chi connectivity index (χ1v) is 9.24. The molecular formula is C19H19N5O3S. The lowest BCUT2D eigenvalue weighted by Crippen LogP contribution is -2.34. The summed E-state index contributed by atoms with van der Waals surface area (Å²) in [5.41, 5.74) is 8.86. The molecule has 0 radical (unpaired) electrons. The molecule has 1 aliphatic heterocycles. The lowest BCUT2D eigenvalue weighted by Gasteiger charge is -2.39. The molecule has 0 spiro atoms. The molecule has 0 bridgehead atoms. The third kappa shape index (κ3) is 2.97. The van der Waals surface area contributed by atoms with Crippen molar-refractivity contribution in [3.63, 3.8) is 0 Å². The van der Waals surface area contributed by atoms with Gasteiger partial charge in [0.25, 0.3) is 5.69 Å². The SMILES string of the molecule is CC1(C)CC(=O)C2=C(C1)Nc1nc(=S)[nH]c(N)c1C2c1ccc([N+](=O)[O-])cc1. The summed E-state index contributed by atoms with van der Waals surface area (Å²) in [6.07, 6.45) is 1.10. The number of ketones is 1. The number of non-ortho nitro benzene ring substituents is 1. The Kier molecular flexibility index (Phi) is 4.07. The Morgan fingerprint density at radius 1 is 1.29 bits per heavy atom. The topological polar surface area (TPSA) is 127 Å². The summed E-state index contributed by atoms with van der Waals surface area (Å²) in [7, 11) is 0. The van der Waals surface area contributed by atoms with E-state index in [2.05, 4.69) is 15.3 Å². The Hall–Kier alpha value is -3.07. The van der Waals surface area contributed by atoms with Crippen LogP contribution in [0.2, 0.25) is 0 Å². The zero-order chi connectivity index (χ0) is 20.2. The summed E-state index contributed by atoms with van der Waals surface area (Å²) in [6, 6.07) is 6.19. The van der Waals surface area contributed by atoms with Crippen molar-refractivity contribution < 1.29 is 9.72 Å². The van der Waals surface area contributed by atoms with E-state index in [0.29, 0.717) is 35.6 Å². The van der Waals surface area contributed by atoms with Gasteiger partial charge in [-0.1, -0.05) is 26.0 Å².